The van der Waals surface area contributed by atoms with Gasteiger partial charge in [-0.15, -0.1) is 47.0 Å². The summed E-state index contributed by atoms with van der Waals surface area (Å²) in [6, 6.07) is 0. The molecular formula is C19H24O2S8. The smallest absolute Gasteiger partial charge is 0.211 e. The maximum atomic E-state index is 11.3. The van der Waals surface area contributed by atoms with Gasteiger partial charge in [0.2, 0.25) is 10.2 Å². The zero-order valence-electron chi connectivity index (χ0n) is 15.9. The topological polar surface area (TPSA) is 34.1 Å². The highest BCUT2D eigenvalue weighted by Crippen LogP contribution is 2.43. The van der Waals surface area contributed by atoms with Gasteiger partial charge in [0, 0.05) is 32.8 Å². The number of carbonyl (C=O) groups is 2. The SMILES string of the molecule is C=CC(=O)SCC1=CSC(CSCCCSCC2SC=C(CSC(=O)C=C)S2)S1. The molecule has 2 atom stereocenters. The summed E-state index contributed by atoms with van der Waals surface area (Å²) in [5.41, 5.74) is 0. The molecule has 2 aliphatic heterocycles. The number of rotatable bonds is 14. The van der Waals surface area contributed by atoms with E-state index in [1.807, 2.05) is 70.6 Å². The maximum Gasteiger partial charge on any atom is 0.211 e. The molecule has 2 heterocycles. The van der Waals surface area contributed by atoms with Crippen LogP contribution in [0.5, 0.6) is 0 Å². The van der Waals surface area contributed by atoms with Gasteiger partial charge in [-0.05, 0) is 40.9 Å². The lowest BCUT2D eigenvalue weighted by atomic mass is 10.6. The van der Waals surface area contributed by atoms with Crippen molar-refractivity contribution < 1.29 is 9.59 Å². The number of hydrogen-bond donors (Lipinski definition) is 0. The summed E-state index contributed by atoms with van der Waals surface area (Å²) in [4.78, 5) is 25.2. The highest BCUT2D eigenvalue weighted by molar-refractivity contribution is 8.25. The number of hydrogen-bond acceptors (Lipinski definition) is 10. The van der Waals surface area contributed by atoms with Crippen LogP contribution < -0.4 is 0 Å². The van der Waals surface area contributed by atoms with Gasteiger partial charge >= 0.3 is 0 Å². The Morgan fingerprint density at radius 3 is 1.72 bits per heavy atom. The van der Waals surface area contributed by atoms with E-state index >= 15 is 0 Å². The molecule has 10 heteroatoms. The summed E-state index contributed by atoms with van der Waals surface area (Å²) in [6.07, 6.45) is 4.01. The van der Waals surface area contributed by atoms with E-state index in [9.17, 15) is 9.59 Å². The van der Waals surface area contributed by atoms with Crippen LogP contribution in [0.4, 0.5) is 0 Å². The van der Waals surface area contributed by atoms with Crippen molar-refractivity contribution >= 4 is 104 Å². The van der Waals surface area contributed by atoms with Crippen molar-refractivity contribution in [1.82, 2.24) is 0 Å². The van der Waals surface area contributed by atoms with Crippen LogP contribution in [0.15, 0.2) is 45.9 Å². The van der Waals surface area contributed by atoms with E-state index in [0.717, 1.165) is 23.0 Å². The molecule has 2 aliphatic rings. The predicted molar refractivity (Wildman–Crippen MR) is 149 cm³/mol. The summed E-state index contributed by atoms with van der Waals surface area (Å²) >= 11 is 14.3. The van der Waals surface area contributed by atoms with E-state index in [2.05, 4.69) is 24.0 Å². The Bertz CT molecular complexity index is 592. The molecule has 0 N–H and O–H groups in total. The van der Waals surface area contributed by atoms with Crippen molar-refractivity contribution in [3.63, 3.8) is 0 Å². The van der Waals surface area contributed by atoms with E-state index in [-0.39, 0.29) is 10.2 Å². The van der Waals surface area contributed by atoms with Gasteiger partial charge in [0.25, 0.3) is 0 Å². The lowest BCUT2D eigenvalue weighted by Gasteiger charge is -2.10. The number of carbonyl (C=O) groups excluding carboxylic acids is 2. The van der Waals surface area contributed by atoms with Crippen molar-refractivity contribution in [3.05, 3.63) is 45.9 Å². The van der Waals surface area contributed by atoms with Crippen molar-refractivity contribution in [3.8, 4) is 0 Å². The lowest BCUT2D eigenvalue weighted by Crippen LogP contribution is -2.00. The molecule has 2 rings (SSSR count). The summed E-state index contributed by atoms with van der Waals surface area (Å²) in [5, 5.41) is 4.52. The van der Waals surface area contributed by atoms with Gasteiger partial charge in [-0.2, -0.15) is 23.5 Å². The van der Waals surface area contributed by atoms with Crippen molar-refractivity contribution in [2.45, 2.75) is 15.6 Å². The third-order valence-corrected chi connectivity index (χ3v) is 14.0. The Labute approximate surface area is 208 Å². The average molecular weight is 541 g/mol. The van der Waals surface area contributed by atoms with Gasteiger partial charge < -0.3 is 0 Å². The normalized spacial score (nSPS) is 21.0. The first-order chi connectivity index (χ1) is 14.1. The van der Waals surface area contributed by atoms with Crippen LogP contribution in [0.25, 0.3) is 0 Å². The molecule has 0 amide bonds. The fourth-order valence-electron chi connectivity index (χ4n) is 2.06. The van der Waals surface area contributed by atoms with Gasteiger partial charge in [-0.25, -0.2) is 0 Å². The van der Waals surface area contributed by atoms with Crippen LogP contribution in [0.2, 0.25) is 0 Å². The third-order valence-electron chi connectivity index (χ3n) is 3.40. The van der Waals surface area contributed by atoms with Gasteiger partial charge in [0.15, 0.2) is 0 Å². The fourth-order valence-corrected chi connectivity index (χ4v) is 11.8. The molecule has 0 bridgehead atoms. The Hall–Kier alpha value is 1.10. The summed E-state index contributed by atoms with van der Waals surface area (Å²) in [5.74, 6) is 6.27. The van der Waals surface area contributed by atoms with Gasteiger partial charge in [-0.1, -0.05) is 36.7 Å². The minimum absolute atomic E-state index is 0.0509. The molecular weight excluding hydrogens is 517 g/mol. The fraction of sp³-hybridized carbons (Fsp3) is 0.474. The molecule has 2 nitrogen and oxygen atoms in total. The lowest BCUT2D eigenvalue weighted by molar-refractivity contribution is -0.107. The van der Waals surface area contributed by atoms with Crippen molar-refractivity contribution in [2.24, 2.45) is 0 Å². The third kappa shape index (κ3) is 11.5. The minimum atomic E-state index is 0.0509. The van der Waals surface area contributed by atoms with Gasteiger partial charge in [-0.3, -0.25) is 9.59 Å². The van der Waals surface area contributed by atoms with Crippen molar-refractivity contribution in [2.75, 3.05) is 34.5 Å². The standard InChI is InChI=1S/C19H24O2S8/c1-3-16(20)24-8-14-10-26-18(28-14)12-22-6-5-7-23-13-19-27-11-15(29-19)9-25-17(21)4-2/h3-4,10-11,18-19H,1-2,5-9,12-13H2. The van der Waals surface area contributed by atoms with Crippen LogP contribution in [-0.4, -0.2) is 53.9 Å². The molecule has 0 radical (unpaired) electrons. The highest BCUT2D eigenvalue weighted by atomic mass is 32.2. The van der Waals surface area contributed by atoms with Crippen LogP contribution in [-0.2, 0) is 9.59 Å². The summed E-state index contributed by atoms with van der Waals surface area (Å²) in [6.45, 7) is 7.01. The Balaban J connectivity index is 1.41. The Morgan fingerprint density at radius 1 is 0.862 bits per heavy atom. The van der Waals surface area contributed by atoms with E-state index in [4.69, 9.17) is 0 Å². The average Bonchev–Trinajstić information content (AvgIpc) is 3.38. The zero-order valence-corrected chi connectivity index (χ0v) is 22.4. The van der Waals surface area contributed by atoms with E-state index in [0.29, 0.717) is 9.16 Å². The second-order valence-electron chi connectivity index (χ2n) is 5.66. The Morgan fingerprint density at radius 2 is 1.31 bits per heavy atom. The molecule has 0 aromatic rings. The zero-order chi connectivity index (χ0) is 20.9. The van der Waals surface area contributed by atoms with Gasteiger partial charge in [0.1, 0.15) is 0 Å². The predicted octanol–water partition coefficient (Wildman–Crippen LogP) is 7.03. The second kappa shape index (κ2) is 15.8. The molecule has 2 unspecified atom stereocenters. The molecule has 0 spiro atoms. The largest absolute Gasteiger partial charge is 0.282 e. The van der Waals surface area contributed by atoms with Crippen LogP contribution in [0, 0.1) is 0 Å². The van der Waals surface area contributed by atoms with Crippen LogP contribution in [0.1, 0.15) is 6.42 Å². The first-order valence-electron chi connectivity index (χ1n) is 8.87. The van der Waals surface area contributed by atoms with Crippen LogP contribution >= 0.6 is 94.1 Å². The summed E-state index contributed by atoms with van der Waals surface area (Å²) < 4.78 is 1.17. The molecule has 160 valence electrons. The second-order valence-corrected chi connectivity index (χ2v) is 15.3. The van der Waals surface area contributed by atoms with Crippen LogP contribution in [0.3, 0.4) is 0 Å². The Kier molecular flexibility index (Phi) is 14.4. The van der Waals surface area contributed by atoms with E-state index in [1.165, 1.54) is 63.4 Å². The molecule has 29 heavy (non-hydrogen) atoms. The van der Waals surface area contributed by atoms with Gasteiger partial charge in [0.05, 0.1) is 9.16 Å². The first-order valence-corrected chi connectivity index (χ1v) is 16.8. The number of thioether (sulfide) groups is 8. The first kappa shape index (κ1) is 26.4. The maximum absolute atomic E-state index is 11.3. The van der Waals surface area contributed by atoms with Crippen molar-refractivity contribution in [1.29, 1.82) is 0 Å². The molecule has 0 saturated carbocycles. The molecule has 0 saturated heterocycles. The van der Waals surface area contributed by atoms with E-state index < -0.39 is 0 Å². The molecule has 0 fully saturated rings. The molecule has 0 aliphatic carbocycles. The molecule has 0 aromatic heterocycles. The monoisotopic (exact) mass is 540 g/mol. The minimum Gasteiger partial charge on any atom is -0.282 e. The van der Waals surface area contributed by atoms with E-state index in [1.54, 1.807) is 0 Å². The summed E-state index contributed by atoms with van der Waals surface area (Å²) in [7, 11) is 0. The quantitative estimate of drug-likeness (QED) is 0.169. The molecule has 0 aromatic carbocycles. The highest BCUT2D eigenvalue weighted by Gasteiger charge is 2.20.